The van der Waals surface area contributed by atoms with Crippen LogP contribution >= 0.6 is 0 Å². The average Bonchev–Trinajstić information content (AvgIpc) is 3.19. The van der Waals surface area contributed by atoms with Crippen LogP contribution < -0.4 is 10.9 Å². The molecule has 0 aliphatic carbocycles. The second kappa shape index (κ2) is 8.78. The van der Waals surface area contributed by atoms with Gasteiger partial charge in [-0.2, -0.15) is 0 Å². The van der Waals surface area contributed by atoms with Crippen LogP contribution in [0, 0.1) is 6.92 Å². The van der Waals surface area contributed by atoms with Crippen LogP contribution in [0.5, 0.6) is 0 Å². The van der Waals surface area contributed by atoms with Gasteiger partial charge < -0.3 is 19.3 Å². The first-order chi connectivity index (χ1) is 15.0. The molecule has 0 bridgehead atoms. The Kier molecular flexibility index (Phi) is 5.91. The minimum atomic E-state index is -0.562. The number of nitrogens with one attached hydrogen (secondary N) is 1. The molecule has 160 valence electrons. The molecule has 0 fully saturated rings. The summed E-state index contributed by atoms with van der Waals surface area (Å²) in [5.41, 5.74) is 3.97. The van der Waals surface area contributed by atoms with Crippen molar-refractivity contribution in [3.63, 3.8) is 0 Å². The van der Waals surface area contributed by atoms with Gasteiger partial charge in [0.25, 0.3) is 0 Å². The van der Waals surface area contributed by atoms with E-state index in [2.05, 4.69) is 5.32 Å². The first-order valence-electron chi connectivity index (χ1n) is 10.5. The van der Waals surface area contributed by atoms with Gasteiger partial charge >= 0.3 is 5.63 Å². The Morgan fingerprint density at radius 3 is 2.65 bits per heavy atom. The van der Waals surface area contributed by atoms with Gasteiger partial charge in [0.15, 0.2) is 0 Å². The smallest absolute Gasteiger partial charge is 0.339 e. The number of furan rings is 1. The van der Waals surface area contributed by atoms with Crippen LogP contribution in [-0.2, 0) is 11.2 Å². The lowest BCUT2D eigenvalue weighted by molar-refractivity contribution is -0.121. The van der Waals surface area contributed by atoms with Crippen LogP contribution in [0.25, 0.3) is 33.1 Å². The molecule has 6 heteroatoms. The van der Waals surface area contributed by atoms with Crippen molar-refractivity contribution < 1.29 is 18.7 Å². The third kappa shape index (κ3) is 4.25. The molecule has 4 rings (SSSR count). The SMILES string of the molecule is CCC(O)CNC(=O)CCc1c(C)c2cc3c(-c4ccccc4)coc3cc2oc1=O. The molecule has 1 atom stereocenters. The quantitative estimate of drug-likeness (QED) is 0.435. The molecule has 0 aliphatic rings. The highest BCUT2D eigenvalue weighted by atomic mass is 16.4. The fourth-order valence-corrected chi connectivity index (χ4v) is 3.74. The highest BCUT2D eigenvalue weighted by Gasteiger charge is 2.17. The average molecular weight is 419 g/mol. The first kappa shape index (κ1) is 20.9. The molecule has 0 spiro atoms. The van der Waals surface area contributed by atoms with Gasteiger partial charge in [0.05, 0.1) is 12.4 Å². The fourth-order valence-electron chi connectivity index (χ4n) is 3.74. The summed E-state index contributed by atoms with van der Waals surface area (Å²) in [6, 6.07) is 13.7. The third-order valence-corrected chi connectivity index (χ3v) is 5.67. The molecule has 4 aromatic rings. The van der Waals surface area contributed by atoms with Gasteiger partial charge in [-0.1, -0.05) is 37.3 Å². The first-order valence-corrected chi connectivity index (χ1v) is 10.5. The monoisotopic (exact) mass is 419 g/mol. The fraction of sp³-hybridized carbons (Fsp3) is 0.280. The van der Waals surface area contributed by atoms with Crippen molar-refractivity contribution >= 4 is 27.8 Å². The van der Waals surface area contributed by atoms with E-state index < -0.39 is 11.7 Å². The molecule has 1 unspecified atom stereocenters. The Morgan fingerprint density at radius 2 is 1.90 bits per heavy atom. The molecule has 31 heavy (non-hydrogen) atoms. The lowest BCUT2D eigenvalue weighted by Gasteiger charge is -2.10. The van der Waals surface area contributed by atoms with Crippen LogP contribution in [0.1, 0.15) is 30.9 Å². The number of aliphatic hydroxyl groups is 1. The molecule has 0 saturated carbocycles. The van der Waals surface area contributed by atoms with E-state index in [1.807, 2.05) is 50.2 Å². The van der Waals surface area contributed by atoms with Crippen molar-refractivity contribution in [2.75, 3.05) is 6.54 Å². The van der Waals surface area contributed by atoms with Crippen molar-refractivity contribution in [3.05, 3.63) is 70.3 Å². The molecule has 6 nitrogen and oxygen atoms in total. The largest absolute Gasteiger partial charge is 0.464 e. The maximum absolute atomic E-state index is 12.6. The van der Waals surface area contributed by atoms with Crippen LogP contribution in [0.3, 0.4) is 0 Å². The number of carbonyl (C=O) groups excluding carboxylic acids is 1. The van der Waals surface area contributed by atoms with E-state index in [4.69, 9.17) is 8.83 Å². The zero-order valence-electron chi connectivity index (χ0n) is 17.6. The lowest BCUT2D eigenvalue weighted by Crippen LogP contribution is -2.32. The Hall–Kier alpha value is -3.38. The van der Waals surface area contributed by atoms with E-state index in [0.717, 1.165) is 27.5 Å². The normalized spacial score (nSPS) is 12.4. The van der Waals surface area contributed by atoms with Gasteiger partial charge in [-0.25, -0.2) is 4.79 Å². The number of rotatable bonds is 7. The maximum Gasteiger partial charge on any atom is 0.339 e. The zero-order chi connectivity index (χ0) is 22.0. The highest BCUT2D eigenvalue weighted by molar-refractivity contribution is 6.02. The number of fused-ring (bicyclic) bond motifs is 2. The number of hydrogen-bond acceptors (Lipinski definition) is 5. The summed E-state index contributed by atoms with van der Waals surface area (Å²) in [7, 11) is 0. The van der Waals surface area contributed by atoms with Gasteiger partial charge in [-0.05, 0) is 37.0 Å². The lowest BCUT2D eigenvalue weighted by atomic mass is 9.99. The van der Waals surface area contributed by atoms with E-state index in [1.54, 1.807) is 12.3 Å². The van der Waals surface area contributed by atoms with Crippen LogP contribution in [0.2, 0.25) is 0 Å². The van der Waals surface area contributed by atoms with Gasteiger partial charge in [0, 0.05) is 40.9 Å². The minimum absolute atomic E-state index is 0.150. The molecule has 0 aliphatic heterocycles. The van der Waals surface area contributed by atoms with Crippen molar-refractivity contribution in [2.45, 2.75) is 39.2 Å². The number of hydrogen-bond donors (Lipinski definition) is 2. The molecule has 2 aromatic carbocycles. The highest BCUT2D eigenvalue weighted by Crippen LogP contribution is 2.34. The van der Waals surface area contributed by atoms with Gasteiger partial charge in [-0.15, -0.1) is 0 Å². The standard InChI is InChI=1S/C25H25NO5/c1-3-17(27)13-26-24(28)10-9-18-15(2)19-11-20-21(16-7-5-4-6-8-16)14-30-22(20)12-23(19)31-25(18)29/h4-8,11-12,14,17,27H,3,9-10,13H2,1-2H3,(H,26,28). The summed E-state index contributed by atoms with van der Waals surface area (Å²) in [6.45, 7) is 3.93. The minimum Gasteiger partial charge on any atom is -0.464 e. The molecular weight excluding hydrogens is 394 g/mol. The van der Waals surface area contributed by atoms with E-state index in [0.29, 0.717) is 23.2 Å². The molecule has 0 radical (unpaired) electrons. The van der Waals surface area contributed by atoms with Gasteiger partial charge in [-0.3, -0.25) is 4.79 Å². The molecule has 2 aromatic heterocycles. The van der Waals surface area contributed by atoms with Crippen LogP contribution in [0.15, 0.2) is 62.4 Å². The summed E-state index contributed by atoms with van der Waals surface area (Å²) < 4.78 is 11.3. The predicted molar refractivity (Wildman–Crippen MR) is 120 cm³/mol. The van der Waals surface area contributed by atoms with Gasteiger partial charge in [0.2, 0.25) is 5.91 Å². The second-order valence-corrected chi connectivity index (χ2v) is 7.72. The van der Waals surface area contributed by atoms with Crippen LogP contribution in [0.4, 0.5) is 0 Å². The number of carbonyl (C=O) groups is 1. The predicted octanol–water partition coefficient (Wildman–Crippen LogP) is 4.33. The topological polar surface area (TPSA) is 92.7 Å². The van der Waals surface area contributed by atoms with Crippen molar-refractivity contribution in [3.8, 4) is 11.1 Å². The number of aryl methyl sites for hydroxylation is 1. The molecule has 2 heterocycles. The summed E-state index contributed by atoms with van der Waals surface area (Å²) in [4.78, 5) is 24.7. The molecular formula is C25H25NO5. The number of aliphatic hydroxyl groups excluding tert-OH is 1. The Bertz CT molecular complexity index is 1290. The zero-order valence-corrected chi connectivity index (χ0v) is 17.6. The summed E-state index contributed by atoms with van der Waals surface area (Å²) in [6.07, 6.45) is 2.14. The molecule has 2 N–H and O–H groups in total. The Balaban J connectivity index is 1.67. The van der Waals surface area contributed by atoms with E-state index in [9.17, 15) is 14.7 Å². The molecule has 1 amide bonds. The molecule has 0 saturated heterocycles. The Morgan fingerprint density at radius 1 is 1.13 bits per heavy atom. The Labute approximate surface area is 179 Å². The van der Waals surface area contributed by atoms with Crippen LogP contribution in [-0.4, -0.2) is 23.7 Å². The van der Waals surface area contributed by atoms with Crippen molar-refractivity contribution in [1.82, 2.24) is 5.32 Å². The maximum atomic E-state index is 12.6. The summed E-state index contributed by atoms with van der Waals surface area (Å²) >= 11 is 0. The van der Waals surface area contributed by atoms with E-state index in [1.165, 1.54) is 0 Å². The number of benzene rings is 2. The van der Waals surface area contributed by atoms with Gasteiger partial charge in [0.1, 0.15) is 11.2 Å². The summed E-state index contributed by atoms with van der Waals surface area (Å²) in [5, 5.41) is 14.0. The third-order valence-electron chi connectivity index (χ3n) is 5.67. The van der Waals surface area contributed by atoms with Crippen molar-refractivity contribution in [1.29, 1.82) is 0 Å². The van der Waals surface area contributed by atoms with Crippen molar-refractivity contribution in [2.24, 2.45) is 0 Å². The summed E-state index contributed by atoms with van der Waals surface area (Å²) in [5.74, 6) is -0.206. The number of amides is 1. The van der Waals surface area contributed by atoms with E-state index >= 15 is 0 Å². The second-order valence-electron chi connectivity index (χ2n) is 7.72. The van der Waals surface area contributed by atoms with E-state index in [-0.39, 0.29) is 25.3 Å².